The van der Waals surface area contributed by atoms with Gasteiger partial charge in [0.1, 0.15) is 14.1 Å². The van der Waals surface area contributed by atoms with Crippen LogP contribution in [0.5, 0.6) is 0 Å². The fraction of sp³-hybridized carbons (Fsp3) is 0.545. The van der Waals surface area contributed by atoms with Gasteiger partial charge in [-0.15, -0.1) is 0 Å². The van der Waals surface area contributed by atoms with E-state index in [0.29, 0.717) is 22.2 Å². The van der Waals surface area contributed by atoms with Crippen LogP contribution >= 0.6 is 66.7 Å². The number of ether oxygens (including phenoxy) is 1. The minimum absolute atomic E-state index is 0. The molecule has 328 valence electrons. The molecule has 0 aliphatic carbocycles. The summed E-state index contributed by atoms with van der Waals surface area (Å²) in [6.07, 6.45) is 4.72. The molecule has 2 radical (unpaired) electrons. The van der Waals surface area contributed by atoms with Crippen LogP contribution in [0.4, 0.5) is 0 Å². The summed E-state index contributed by atoms with van der Waals surface area (Å²) in [5, 5.41) is 10.9. The van der Waals surface area contributed by atoms with E-state index in [2.05, 4.69) is 106 Å². The molecule has 1 fully saturated rings. The van der Waals surface area contributed by atoms with Gasteiger partial charge in [0.05, 0.1) is 6.42 Å². The quantitative estimate of drug-likeness (QED) is 0.152. The van der Waals surface area contributed by atoms with Gasteiger partial charge in [-0.05, 0) is 115 Å². The first-order valence-corrected chi connectivity index (χ1v) is 26.8. The van der Waals surface area contributed by atoms with Crippen molar-refractivity contribution < 1.29 is 28.3 Å². The van der Waals surface area contributed by atoms with Crippen LogP contribution in [0.1, 0.15) is 104 Å². The van der Waals surface area contributed by atoms with E-state index in [0.717, 1.165) is 70.3 Å². The van der Waals surface area contributed by atoms with Crippen molar-refractivity contribution in [1.29, 1.82) is 0 Å². The zero-order chi connectivity index (χ0) is 42.2. The normalized spacial score (nSPS) is 13.7. The lowest BCUT2D eigenvalue weighted by Crippen LogP contribution is -2.41. The van der Waals surface area contributed by atoms with Crippen molar-refractivity contribution in [2.24, 2.45) is 0 Å². The molecule has 1 N–H and O–H groups in total. The Morgan fingerprint density at radius 3 is 1.50 bits per heavy atom. The number of halogens is 5. The number of rotatable bonds is 11. The maximum Gasteiger partial charge on any atom is 0.307 e. The Labute approximate surface area is 387 Å². The van der Waals surface area contributed by atoms with Crippen LogP contribution in [0.25, 0.3) is 0 Å². The fourth-order valence-electron chi connectivity index (χ4n) is 4.32. The first-order chi connectivity index (χ1) is 25.3. The van der Waals surface area contributed by atoms with Gasteiger partial charge in [0, 0.05) is 55.4 Å². The van der Waals surface area contributed by atoms with Crippen molar-refractivity contribution in [2.75, 3.05) is 19.8 Å². The summed E-state index contributed by atoms with van der Waals surface area (Å²) in [7, 11) is 1.97. The second-order valence-electron chi connectivity index (χ2n) is 16.3. The average Bonchev–Trinajstić information content (AvgIpc) is 3.54. The Morgan fingerprint density at radius 1 is 0.776 bits per heavy atom. The number of carboxylic acid groups (broad SMARTS) is 1. The number of carbonyl (C=O) groups is 2. The van der Waals surface area contributed by atoms with E-state index in [9.17, 15) is 9.59 Å². The average molecular weight is 1030 g/mol. The summed E-state index contributed by atoms with van der Waals surface area (Å²) < 4.78 is 19.0. The van der Waals surface area contributed by atoms with E-state index in [1.165, 1.54) is 5.56 Å². The van der Waals surface area contributed by atoms with Gasteiger partial charge < -0.3 is 18.7 Å². The third kappa shape index (κ3) is 23.3. The smallest absolute Gasteiger partial charge is 0.307 e. The van der Waals surface area contributed by atoms with Gasteiger partial charge in [0.15, 0.2) is 16.6 Å². The maximum atomic E-state index is 11.0. The molecule has 0 bridgehead atoms. The highest BCUT2D eigenvalue weighted by molar-refractivity contribution is 9.10. The molecule has 1 aliphatic heterocycles. The van der Waals surface area contributed by atoms with E-state index in [1.807, 2.05) is 24.3 Å². The maximum absolute atomic E-state index is 11.0. The van der Waals surface area contributed by atoms with Crippen molar-refractivity contribution in [3.8, 4) is 0 Å². The summed E-state index contributed by atoms with van der Waals surface area (Å²) >= 11 is 24.3. The monoisotopic (exact) mass is 1020 g/mol. The number of hydrogen-bond donors (Lipinski definition) is 1. The molecule has 0 spiro atoms. The first-order valence-electron chi connectivity index (χ1n) is 18.3. The van der Waals surface area contributed by atoms with E-state index in [4.69, 9.17) is 61.3 Å². The molecule has 4 rings (SSSR count). The lowest BCUT2D eigenvalue weighted by atomic mass is 9.98. The molecule has 0 saturated carbocycles. The third-order valence-electron chi connectivity index (χ3n) is 9.85. The molecule has 1 aliphatic rings. The van der Waals surface area contributed by atoms with Crippen molar-refractivity contribution in [2.45, 2.75) is 138 Å². The number of benzene rings is 3. The summed E-state index contributed by atoms with van der Waals surface area (Å²) in [6, 6.07) is 16.4. The highest BCUT2D eigenvalue weighted by Gasteiger charge is 2.37. The molecule has 1 saturated heterocycles. The van der Waals surface area contributed by atoms with Gasteiger partial charge in [0.25, 0.3) is 0 Å². The van der Waals surface area contributed by atoms with Crippen molar-refractivity contribution in [3.05, 3.63) is 101 Å². The second kappa shape index (κ2) is 28.6. The van der Waals surface area contributed by atoms with Crippen LogP contribution < -0.4 is 0 Å². The van der Waals surface area contributed by atoms with Gasteiger partial charge in [-0.25, -0.2) is 0 Å². The summed E-state index contributed by atoms with van der Waals surface area (Å²) in [6.45, 7) is 24.8. The SMILES string of the molecule is C.C.C.CC(C)(C)[Si](C)(C)OCCc1ccc(Cl)cc1Br.CC(C)(C)[Si](C)(C)OCCc1ccc(Cl)cc1C=O.O=C(O)Cc1ccc(Cl)cc1Br.[B]C1CCCO1. The highest BCUT2D eigenvalue weighted by Crippen LogP contribution is 2.37. The predicted molar refractivity (Wildman–Crippen MR) is 265 cm³/mol. The Balaban J connectivity index is -0.000000722. The summed E-state index contributed by atoms with van der Waals surface area (Å²) in [4.78, 5) is 21.4. The molecule has 3 aromatic carbocycles. The van der Waals surface area contributed by atoms with E-state index >= 15 is 0 Å². The Kier molecular flexibility index (Phi) is 30.2. The Morgan fingerprint density at radius 2 is 1.17 bits per heavy atom. The van der Waals surface area contributed by atoms with Gasteiger partial charge in [-0.1, -0.05) is 149 Å². The number of hydrogen-bond acceptors (Lipinski definition) is 5. The fourth-order valence-corrected chi connectivity index (χ4v) is 8.30. The molecular formula is C44H70BBr2Cl3O6Si2. The summed E-state index contributed by atoms with van der Waals surface area (Å²) in [5.41, 5.74) is 3.63. The zero-order valence-electron chi connectivity index (χ0n) is 34.0. The topological polar surface area (TPSA) is 82.1 Å². The van der Waals surface area contributed by atoms with Crippen molar-refractivity contribution in [3.63, 3.8) is 0 Å². The number of aldehydes is 1. The molecular weight excluding hydrogens is 958 g/mol. The predicted octanol–water partition coefficient (Wildman–Crippen LogP) is 15.3. The van der Waals surface area contributed by atoms with Crippen molar-refractivity contribution in [1.82, 2.24) is 0 Å². The lowest BCUT2D eigenvalue weighted by molar-refractivity contribution is -0.136. The minimum Gasteiger partial charge on any atom is -0.481 e. The standard InChI is InChI=1S/C15H23ClO2Si.C14H22BrClOSi.C8H6BrClO2.C4H7BO.3CH4/c1-15(2,3)19(4,5)18-9-8-12-6-7-14(16)10-13(12)11-17;1-14(2,3)18(4,5)17-9-8-11-6-7-12(16)10-13(11)15;9-7-4-6(10)2-1-5(7)3-8(11)12;5-4-2-1-3-6-4;;;/h6-7,10-11H,8-9H2,1-5H3;6-7,10H,8-9H2,1-5H3;1-2,4H,3H2,(H,11,12);4H,1-3H2;3*1H4. The number of carboxylic acids is 1. The highest BCUT2D eigenvalue weighted by atomic mass is 79.9. The largest absolute Gasteiger partial charge is 0.481 e. The van der Waals surface area contributed by atoms with Gasteiger partial charge in [-0.2, -0.15) is 0 Å². The first kappa shape index (κ1) is 61.3. The van der Waals surface area contributed by atoms with E-state index < -0.39 is 22.6 Å². The van der Waals surface area contributed by atoms with Crippen molar-refractivity contribution >= 4 is 103 Å². The van der Waals surface area contributed by atoms with Crippen LogP contribution in [0.3, 0.4) is 0 Å². The van der Waals surface area contributed by atoms with Crippen LogP contribution in [0.2, 0.25) is 51.3 Å². The molecule has 1 heterocycles. The van der Waals surface area contributed by atoms with E-state index in [-0.39, 0.29) is 44.8 Å². The van der Waals surface area contributed by atoms with Crippen LogP contribution in [0.15, 0.2) is 63.5 Å². The van der Waals surface area contributed by atoms with Crippen LogP contribution in [-0.2, 0) is 37.6 Å². The summed E-state index contributed by atoms with van der Waals surface area (Å²) in [5.74, 6) is -0.849. The molecule has 0 amide bonds. The molecule has 58 heavy (non-hydrogen) atoms. The van der Waals surface area contributed by atoms with Gasteiger partial charge >= 0.3 is 5.97 Å². The Hall–Kier alpha value is -0.991. The van der Waals surface area contributed by atoms with E-state index in [1.54, 1.807) is 24.3 Å². The third-order valence-corrected chi connectivity index (χ3v) is 21.1. The van der Waals surface area contributed by atoms with Gasteiger partial charge in [0.2, 0.25) is 0 Å². The molecule has 0 aromatic heterocycles. The molecule has 3 aromatic rings. The lowest BCUT2D eigenvalue weighted by Gasteiger charge is -2.36. The molecule has 6 nitrogen and oxygen atoms in total. The Bertz CT molecular complexity index is 1660. The number of carbonyl (C=O) groups excluding carboxylic acids is 1. The van der Waals surface area contributed by atoms with Crippen LogP contribution in [0, 0.1) is 0 Å². The minimum atomic E-state index is -1.71. The van der Waals surface area contributed by atoms with Gasteiger partial charge in [-0.3, -0.25) is 9.59 Å². The molecule has 1 atom stereocenters. The second-order valence-corrected chi connectivity index (χ2v) is 28.9. The number of aliphatic carboxylic acids is 1. The zero-order valence-corrected chi connectivity index (χ0v) is 41.4. The van der Waals surface area contributed by atoms with Crippen LogP contribution in [-0.4, -0.2) is 67.7 Å². The molecule has 14 heteroatoms. The molecule has 1 unspecified atom stereocenters.